The minimum absolute atomic E-state index is 0.384. The number of hydrogen-bond donors (Lipinski definition) is 1. The van der Waals surface area contributed by atoms with Gasteiger partial charge in [-0.2, -0.15) is 0 Å². The number of rotatable bonds is 5. The smallest absolute Gasteiger partial charge is 0.194 e. The molecule has 0 aliphatic carbocycles. The number of fused-ring (bicyclic) bond motifs is 1. The molecule has 3 aromatic rings. The largest absolute Gasteiger partial charge is 0.467 e. The Balaban J connectivity index is 1.51. The van der Waals surface area contributed by atoms with E-state index in [0.717, 1.165) is 36.6 Å². The number of aryl methyl sites for hydroxylation is 2. The molecule has 0 aromatic carbocycles. The summed E-state index contributed by atoms with van der Waals surface area (Å²) in [5, 5.41) is 10.4. The van der Waals surface area contributed by atoms with Crippen LogP contribution in [0.15, 0.2) is 29.0 Å². The molecule has 0 amide bonds. The first-order valence-corrected chi connectivity index (χ1v) is 9.33. The maximum absolute atomic E-state index is 10.4. The van der Waals surface area contributed by atoms with Gasteiger partial charge >= 0.3 is 0 Å². The lowest BCUT2D eigenvalue weighted by Crippen LogP contribution is -2.31. The normalized spacial score (nSPS) is 20.2. The summed E-state index contributed by atoms with van der Waals surface area (Å²) in [6.07, 6.45) is 6.30. The lowest BCUT2D eigenvalue weighted by Gasteiger charge is -2.25. The number of furan rings is 1. The van der Waals surface area contributed by atoms with Crippen molar-refractivity contribution in [1.29, 1.82) is 0 Å². The Morgan fingerprint density at radius 1 is 1.46 bits per heavy atom. The van der Waals surface area contributed by atoms with Crippen LogP contribution in [0.4, 0.5) is 0 Å². The van der Waals surface area contributed by atoms with Crippen molar-refractivity contribution in [2.24, 2.45) is 0 Å². The van der Waals surface area contributed by atoms with Gasteiger partial charge < -0.3 is 9.52 Å². The van der Waals surface area contributed by atoms with Gasteiger partial charge in [0.05, 0.1) is 17.7 Å². The lowest BCUT2D eigenvalue weighted by atomic mass is 10.0. The Labute approximate surface area is 145 Å². The molecule has 4 heterocycles. The van der Waals surface area contributed by atoms with Crippen LogP contribution < -0.4 is 0 Å². The Morgan fingerprint density at radius 2 is 2.33 bits per heavy atom. The van der Waals surface area contributed by atoms with Crippen LogP contribution >= 0.6 is 11.3 Å². The van der Waals surface area contributed by atoms with E-state index in [1.807, 2.05) is 12.1 Å². The molecule has 1 saturated heterocycles. The van der Waals surface area contributed by atoms with E-state index in [-0.39, 0.29) is 0 Å². The van der Waals surface area contributed by atoms with Gasteiger partial charge in [0.1, 0.15) is 11.9 Å². The van der Waals surface area contributed by atoms with E-state index in [9.17, 15) is 5.11 Å². The predicted molar refractivity (Wildman–Crippen MR) is 94.3 cm³/mol. The summed E-state index contributed by atoms with van der Waals surface area (Å²) in [6, 6.07) is 4.06. The van der Waals surface area contributed by atoms with Crippen molar-refractivity contribution in [3.63, 3.8) is 0 Å². The molecule has 6 heteroatoms. The van der Waals surface area contributed by atoms with Crippen molar-refractivity contribution in [2.75, 3.05) is 6.54 Å². The van der Waals surface area contributed by atoms with Gasteiger partial charge in [0.25, 0.3) is 0 Å². The molecule has 128 valence electrons. The maximum Gasteiger partial charge on any atom is 0.194 e. The molecule has 1 aliphatic rings. The van der Waals surface area contributed by atoms with Crippen LogP contribution in [0.5, 0.6) is 0 Å². The van der Waals surface area contributed by atoms with Gasteiger partial charge in [0.15, 0.2) is 4.96 Å². The van der Waals surface area contributed by atoms with Crippen LogP contribution in [0.2, 0.25) is 0 Å². The first kappa shape index (κ1) is 15.9. The summed E-state index contributed by atoms with van der Waals surface area (Å²) in [5.41, 5.74) is 2.38. The number of likely N-dealkylation sites (tertiary alicyclic amines) is 1. The van der Waals surface area contributed by atoms with E-state index in [4.69, 9.17) is 9.40 Å². The Bertz CT molecular complexity index is 821. The molecule has 0 saturated carbocycles. The number of thiazole rings is 1. The van der Waals surface area contributed by atoms with Gasteiger partial charge in [-0.05, 0) is 51.8 Å². The Morgan fingerprint density at radius 3 is 3.12 bits per heavy atom. The second kappa shape index (κ2) is 6.35. The molecule has 5 nitrogen and oxygen atoms in total. The molecule has 1 aliphatic heterocycles. The molecule has 0 spiro atoms. The van der Waals surface area contributed by atoms with Crippen LogP contribution in [0.1, 0.15) is 47.4 Å². The number of aliphatic hydroxyl groups excluding tert-OH is 1. The molecule has 0 unspecified atom stereocenters. The van der Waals surface area contributed by atoms with Crippen molar-refractivity contribution in [2.45, 2.75) is 51.8 Å². The van der Waals surface area contributed by atoms with E-state index >= 15 is 0 Å². The summed E-state index contributed by atoms with van der Waals surface area (Å²) in [6.45, 7) is 6.17. The highest BCUT2D eigenvalue weighted by molar-refractivity contribution is 7.17. The second-order valence-electron chi connectivity index (χ2n) is 6.67. The summed E-state index contributed by atoms with van der Waals surface area (Å²) >= 11 is 1.74. The van der Waals surface area contributed by atoms with Crippen LogP contribution in [-0.4, -0.2) is 32.0 Å². The molecule has 0 radical (unpaired) electrons. The predicted octanol–water partition coefficient (Wildman–Crippen LogP) is 3.69. The van der Waals surface area contributed by atoms with Gasteiger partial charge in [0, 0.05) is 23.7 Å². The molecule has 1 N–H and O–H groups in total. The maximum atomic E-state index is 10.4. The summed E-state index contributed by atoms with van der Waals surface area (Å²) < 4.78 is 7.57. The van der Waals surface area contributed by atoms with Gasteiger partial charge in [0.2, 0.25) is 0 Å². The zero-order valence-electron chi connectivity index (χ0n) is 14.1. The fourth-order valence-corrected chi connectivity index (χ4v) is 4.61. The van der Waals surface area contributed by atoms with E-state index in [1.54, 1.807) is 17.6 Å². The molecular weight excluding hydrogens is 322 g/mol. The van der Waals surface area contributed by atoms with Gasteiger partial charge in [-0.15, -0.1) is 11.3 Å². The van der Waals surface area contributed by atoms with Gasteiger partial charge in [-0.25, -0.2) is 4.98 Å². The number of hydrogen-bond acceptors (Lipinski definition) is 5. The van der Waals surface area contributed by atoms with Gasteiger partial charge in [-0.1, -0.05) is 0 Å². The Kier molecular flexibility index (Phi) is 4.20. The van der Waals surface area contributed by atoms with Crippen LogP contribution in [0.25, 0.3) is 4.96 Å². The third-order valence-electron chi connectivity index (χ3n) is 4.96. The zero-order chi connectivity index (χ0) is 16.7. The Hall–Kier alpha value is -1.63. The standard InChI is InChI=1S/C18H23N3O2S/c1-12-10-21-15(13(2)19-18(21)24-12)11-20-7-3-5-14(20)9-16(22)17-6-4-8-23-17/h4,6,8,10,14,16,22H,3,5,7,9,11H2,1-2H3/t14-,16+/m1/s1. The third-order valence-corrected chi connectivity index (χ3v) is 5.86. The number of aromatic nitrogens is 2. The number of aliphatic hydroxyl groups is 1. The SMILES string of the molecule is Cc1cn2c(CN3CCC[C@@H]3C[C@H](O)c3ccco3)c(C)nc2s1. The summed E-state index contributed by atoms with van der Waals surface area (Å²) in [7, 11) is 0. The minimum Gasteiger partial charge on any atom is -0.467 e. The van der Waals surface area contributed by atoms with Crippen molar-refractivity contribution < 1.29 is 9.52 Å². The highest BCUT2D eigenvalue weighted by Gasteiger charge is 2.29. The summed E-state index contributed by atoms with van der Waals surface area (Å²) in [4.78, 5) is 9.53. The van der Waals surface area contributed by atoms with E-state index in [0.29, 0.717) is 11.8 Å². The van der Waals surface area contributed by atoms with Crippen LogP contribution in [0.3, 0.4) is 0 Å². The molecule has 2 atom stereocenters. The molecule has 24 heavy (non-hydrogen) atoms. The molecule has 3 aromatic heterocycles. The lowest BCUT2D eigenvalue weighted by molar-refractivity contribution is 0.0990. The number of nitrogens with zero attached hydrogens (tertiary/aromatic N) is 3. The molecule has 1 fully saturated rings. The monoisotopic (exact) mass is 345 g/mol. The first-order valence-electron chi connectivity index (χ1n) is 8.51. The molecule has 4 rings (SSSR count). The zero-order valence-corrected chi connectivity index (χ0v) is 14.9. The average molecular weight is 345 g/mol. The number of imidazole rings is 1. The minimum atomic E-state index is -0.527. The van der Waals surface area contributed by atoms with Gasteiger partial charge in [-0.3, -0.25) is 9.30 Å². The van der Waals surface area contributed by atoms with E-state index in [2.05, 4.69) is 29.3 Å². The quantitative estimate of drug-likeness (QED) is 0.766. The fourth-order valence-electron chi connectivity index (χ4n) is 3.72. The van der Waals surface area contributed by atoms with Crippen molar-refractivity contribution >= 4 is 16.3 Å². The molecule has 0 bridgehead atoms. The van der Waals surface area contributed by atoms with Crippen LogP contribution in [0, 0.1) is 13.8 Å². The van der Waals surface area contributed by atoms with Crippen LogP contribution in [-0.2, 0) is 6.54 Å². The summed E-state index contributed by atoms with van der Waals surface area (Å²) in [5.74, 6) is 0.665. The van der Waals surface area contributed by atoms with E-state index < -0.39 is 6.10 Å². The topological polar surface area (TPSA) is 53.9 Å². The highest BCUT2D eigenvalue weighted by atomic mass is 32.1. The van der Waals surface area contributed by atoms with Crippen molar-refractivity contribution in [3.8, 4) is 0 Å². The second-order valence-corrected chi connectivity index (χ2v) is 7.88. The van der Waals surface area contributed by atoms with Crippen molar-refractivity contribution in [3.05, 3.63) is 46.6 Å². The molecular formula is C18H23N3O2S. The fraction of sp³-hybridized carbons (Fsp3) is 0.500. The van der Waals surface area contributed by atoms with E-state index in [1.165, 1.54) is 17.0 Å². The van der Waals surface area contributed by atoms with Crippen molar-refractivity contribution in [1.82, 2.24) is 14.3 Å². The highest BCUT2D eigenvalue weighted by Crippen LogP contribution is 2.30. The average Bonchev–Trinajstić information content (AvgIpc) is 3.28. The first-order chi connectivity index (χ1) is 11.6. The third kappa shape index (κ3) is 2.90.